The van der Waals surface area contributed by atoms with E-state index in [1.54, 1.807) is 24.6 Å². The third-order valence-corrected chi connectivity index (χ3v) is 3.51. The zero-order valence-electron chi connectivity index (χ0n) is 12.7. The fraction of sp³-hybridized carbons (Fsp3) is 0.294. The molecule has 116 valence electrons. The highest BCUT2D eigenvalue weighted by Crippen LogP contribution is 2.15. The van der Waals surface area contributed by atoms with Crippen LogP contribution in [0.4, 0.5) is 0 Å². The minimum Gasteiger partial charge on any atom is -0.483 e. The topological polar surface area (TPSA) is 68.5 Å². The van der Waals surface area contributed by atoms with E-state index in [9.17, 15) is 9.59 Å². The number of carbonyl (C=O) groups is 1. The Morgan fingerprint density at radius 1 is 1.27 bits per heavy atom. The van der Waals surface area contributed by atoms with E-state index in [-0.39, 0.29) is 11.2 Å². The van der Waals surface area contributed by atoms with Crippen LogP contribution in [0.25, 0.3) is 0 Å². The van der Waals surface area contributed by atoms with Crippen LogP contribution in [0.5, 0.6) is 5.75 Å². The summed E-state index contributed by atoms with van der Waals surface area (Å²) in [5.74, 6) is -1.14. The molecule has 1 unspecified atom stereocenters. The quantitative estimate of drug-likeness (QED) is 0.890. The van der Waals surface area contributed by atoms with Crippen molar-refractivity contribution in [3.63, 3.8) is 0 Å². The lowest BCUT2D eigenvalue weighted by Crippen LogP contribution is -2.21. The molecule has 1 atom stereocenters. The molecular formula is C17H19NO4. The first-order chi connectivity index (χ1) is 10.5. The smallest absolute Gasteiger partial charge is 0.308 e. The van der Waals surface area contributed by atoms with E-state index in [1.165, 1.54) is 6.07 Å². The Labute approximate surface area is 128 Å². The van der Waals surface area contributed by atoms with Crippen molar-refractivity contribution in [3.05, 3.63) is 64.1 Å². The first-order valence-electron chi connectivity index (χ1n) is 7.08. The number of benzene rings is 1. The Bertz CT molecular complexity index is 706. The van der Waals surface area contributed by atoms with Crippen molar-refractivity contribution in [2.24, 2.45) is 5.92 Å². The predicted octanol–water partition coefficient (Wildman–Crippen LogP) is 2.46. The summed E-state index contributed by atoms with van der Waals surface area (Å²) in [4.78, 5) is 22.9. The largest absolute Gasteiger partial charge is 0.483 e. The van der Waals surface area contributed by atoms with Crippen LogP contribution in [0, 0.1) is 12.8 Å². The summed E-state index contributed by atoms with van der Waals surface area (Å²) >= 11 is 0. The van der Waals surface area contributed by atoms with Crippen LogP contribution in [-0.2, 0) is 17.9 Å². The van der Waals surface area contributed by atoms with Gasteiger partial charge in [0.15, 0.2) is 5.75 Å². The zero-order chi connectivity index (χ0) is 16.1. The molecule has 0 amide bonds. The lowest BCUT2D eigenvalue weighted by atomic mass is 10.1. The maximum absolute atomic E-state index is 12.0. The normalized spacial score (nSPS) is 11.9. The molecule has 1 aromatic carbocycles. The van der Waals surface area contributed by atoms with E-state index in [2.05, 4.69) is 0 Å². The summed E-state index contributed by atoms with van der Waals surface area (Å²) in [5.41, 5.74) is 1.40. The van der Waals surface area contributed by atoms with E-state index in [1.807, 2.05) is 30.3 Å². The number of rotatable bonds is 6. The van der Waals surface area contributed by atoms with Crippen molar-refractivity contribution in [3.8, 4) is 5.75 Å². The van der Waals surface area contributed by atoms with Crippen molar-refractivity contribution in [1.82, 2.24) is 4.57 Å². The van der Waals surface area contributed by atoms with E-state index in [4.69, 9.17) is 9.84 Å². The molecule has 5 heteroatoms. The molecule has 0 aliphatic heterocycles. The zero-order valence-corrected chi connectivity index (χ0v) is 12.7. The number of carboxylic acids is 1. The highest BCUT2D eigenvalue weighted by Gasteiger charge is 2.15. The maximum Gasteiger partial charge on any atom is 0.308 e. The molecule has 0 radical (unpaired) electrons. The maximum atomic E-state index is 12.0. The molecule has 1 N–H and O–H groups in total. The molecule has 0 saturated carbocycles. The van der Waals surface area contributed by atoms with Crippen molar-refractivity contribution < 1.29 is 14.6 Å². The monoisotopic (exact) mass is 301 g/mol. The van der Waals surface area contributed by atoms with Gasteiger partial charge in [-0.25, -0.2) is 0 Å². The Kier molecular flexibility index (Phi) is 4.99. The minimum atomic E-state index is -0.871. The number of nitrogens with zero attached hydrogens (tertiary/aromatic N) is 1. The molecule has 1 heterocycles. The van der Waals surface area contributed by atoms with E-state index >= 15 is 0 Å². The lowest BCUT2D eigenvalue weighted by molar-refractivity contribution is -0.141. The number of pyridine rings is 1. The van der Waals surface area contributed by atoms with Gasteiger partial charge in [0.1, 0.15) is 6.61 Å². The molecule has 5 nitrogen and oxygen atoms in total. The molecule has 2 aromatic rings. The molecular weight excluding hydrogens is 282 g/mol. The summed E-state index contributed by atoms with van der Waals surface area (Å²) in [6, 6.07) is 11.0. The van der Waals surface area contributed by atoms with Gasteiger partial charge in [-0.1, -0.05) is 37.3 Å². The van der Waals surface area contributed by atoms with E-state index in [0.29, 0.717) is 18.8 Å². The second-order valence-electron chi connectivity index (χ2n) is 5.26. The molecule has 1 aromatic heterocycles. The van der Waals surface area contributed by atoms with Crippen LogP contribution >= 0.6 is 0 Å². The average Bonchev–Trinajstić information content (AvgIpc) is 2.50. The fourth-order valence-corrected chi connectivity index (χ4v) is 2.13. The molecule has 2 rings (SSSR count). The van der Waals surface area contributed by atoms with E-state index < -0.39 is 11.9 Å². The predicted molar refractivity (Wildman–Crippen MR) is 83.0 cm³/mol. The lowest BCUT2D eigenvalue weighted by Gasteiger charge is -2.16. The number of hydrogen-bond donors (Lipinski definition) is 1. The van der Waals surface area contributed by atoms with Gasteiger partial charge in [0.05, 0.1) is 11.6 Å². The summed E-state index contributed by atoms with van der Waals surface area (Å²) in [7, 11) is 0. The first kappa shape index (κ1) is 15.8. The number of ether oxygens (including phenoxy) is 1. The molecule has 22 heavy (non-hydrogen) atoms. The van der Waals surface area contributed by atoms with Gasteiger partial charge in [0, 0.05) is 18.8 Å². The van der Waals surface area contributed by atoms with Gasteiger partial charge in [-0.05, 0) is 12.5 Å². The number of carboxylic acid groups (broad SMARTS) is 1. The van der Waals surface area contributed by atoms with Gasteiger partial charge in [-0.15, -0.1) is 0 Å². The van der Waals surface area contributed by atoms with Gasteiger partial charge >= 0.3 is 5.97 Å². The molecule has 0 aliphatic carbocycles. The number of aromatic nitrogens is 1. The highest BCUT2D eigenvalue weighted by atomic mass is 16.5. The molecule has 0 aliphatic rings. The Morgan fingerprint density at radius 3 is 2.59 bits per heavy atom. The molecule has 0 saturated heterocycles. The van der Waals surface area contributed by atoms with Gasteiger partial charge in [-0.2, -0.15) is 0 Å². The van der Waals surface area contributed by atoms with Gasteiger partial charge in [0.25, 0.3) is 0 Å². The van der Waals surface area contributed by atoms with Crippen molar-refractivity contribution in [1.29, 1.82) is 0 Å². The van der Waals surface area contributed by atoms with Crippen molar-refractivity contribution >= 4 is 5.97 Å². The van der Waals surface area contributed by atoms with Gasteiger partial charge < -0.3 is 14.4 Å². The third-order valence-electron chi connectivity index (χ3n) is 3.51. The van der Waals surface area contributed by atoms with Crippen molar-refractivity contribution in [2.75, 3.05) is 0 Å². The average molecular weight is 301 g/mol. The standard InChI is InChI=1S/C17H19NO4/c1-12(17(20)21)10-18-9-8-15(19)16(13(18)2)22-11-14-6-4-3-5-7-14/h3-9,12H,10-11H2,1-2H3,(H,20,21). The SMILES string of the molecule is Cc1c(OCc2ccccc2)c(=O)ccn1CC(C)C(=O)O. The minimum absolute atomic E-state index is 0.201. The van der Waals surface area contributed by atoms with Crippen LogP contribution in [0.2, 0.25) is 0 Å². The van der Waals surface area contributed by atoms with Crippen LogP contribution in [0.1, 0.15) is 18.2 Å². The summed E-state index contributed by atoms with van der Waals surface area (Å²) in [5, 5.41) is 9.00. The molecule has 0 spiro atoms. The van der Waals surface area contributed by atoms with Crippen molar-refractivity contribution in [2.45, 2.75) is 27.0 Å². The molecule has 0 bridgehead atoms. The Morgan fingerprint density at radius 2 is 1.95 bits per heavy atom. The Balaban J connectivity index is 2.20. The molecule has 0 fully saturated rings. The summed E-state index contributed by atoms with van der Waals surface area (Å²) < 4.78 is 7.39. The number of hydrogen-bond acceptors (Lipinski definition) is 3. The van der Waals surface area contributed by atoms with Crippen LogP contribution in [-0.4, -0.2) is 15.6 Å². The summed E-state index contributed by atoms with van der Waals surface area (Å²) in [6.45, 7) is 3.99. The van der Waals surface area contributed by atoms with Gasteiger partial charge in [-0.3, -0.25) is 9.59 Å². The second-order valence-corrected chi connectivity index (χ2v) is 5.26. The second kappa shape index (κ2) is 6.93. The number of aliphatic carboxylic acids is 1. The Hall–Kier alpha value is -2.56. The highest BCUT2D eigenvalue weighted by molar-refractivity contribution is 5.69. The summed E-state index contributed by atoms with van der Waals surface area (Å²) in [6.07, 6.45) is 1.60. The van der Waals surface area contributed by atoms with Gasteiger partial charge in [0.2, 0.25) is 5.43 Å². The van der Waals surface area contributed by atoms with Crippen LogP contribution in [0.15, 0.2) is 47.4 Å². The van der Waals surface area contributed by atoms with Crippen LogP contribution < -0.4 is 10.2 Å². The third kappa shape index (κ3) is 3.75. The van der Waals surface area contributed by atoms with Crippen LogP contribution in [0.3, 0.4) is 0 Å². The first-order valence-corrected chi connectivity index (χ1v) is 7.08. The van der Waals surface area contributed by atoms with E-state index in [0.717, 1.165) is 5.56 Å². The fourth-order valence-electron chi connectivity index (χ4n) is 2.13.